The largest absolute Gasteiger partial charge is 0.379 e. The fourth-order valence-corrected chi connectivity index (χ4v) is 4.05. The van der Waals surface area contributed by atoms with E-state index in [4.69, 9.17) is 43.2 Å². The maximum Gasteiger partial charge on any atom is 0.325 e. The van der Waals surface area contributed by atoms with E-state index in [0.717, 1.165) is 0 Å². The first-order valence-corrected chi connectivity index (χ1v) is 10.4. The zero-order valence-corrected chi connectivity index (χ0v) is 13.9. The molecule has 0 aromatic carbocycles. The summed E-state index contributed by atoms with van der Waals surface area (Å²) in [5, 5.41) is 0. The van der Waals surface area contributed by atoms with E-state index in [9.17, 15) is 9.46 Å². The Labute approximate surface area is 124 Å². The molecule has 0 aromatic heterocycles. The Morgan fingerprint density at radius 1 is 1.30 bits per heavy atom. The number of rotatable bonds is 7. The van der Waals surface area contributed by atoms with Crippen molar-refractivity contribution >= 4 is 34.0 Å². The van der Waals surface area contributed by atoms with Crippen LogP contribution in [-0.4, -0.2) is 55.1 Å². The lowest BCUT2D eigenvalue weighted by atomic mass is 9.83. The van der Waals surface area contributed by atoms with E-state index < -0.39 is 26.5 Å². The molecule has 2 unspecified atom stereocenters. The minimum absolute atomic E-state index is 0.210. The summed E-state index contributed by atoms with van der Waals surface area (Å²) in [6.07, 6.45) is -0.732. The molecule has 2 radical (unpaired) electrons. The van der Waals surface area contributed by atoms with Gasteiger partial charge in [0.25, 0.3) is 0 Å². The highest BCUT2D eigenvalue weighted by Crippen LogP contribution is 2.51. The molecule has 0 spiro atoms. The summed E-state index contributed by atoms with van der Waals surface area (Å²) < 4.78 is 26.4. The van der Waals surface area contributed by atoms with Crippen molar-refractivity contribution in [3.05, 3.63) is 0 Å². The zero-order chi connectivity index (χ0) is 15.6. The summed E-state index contributed by atoms with van der Waals surface area (Å²) in [5.41, 5.74) is 0. The van der Waals surface area contributed by atoms with Crippen LogP contribution in [0.25, 0.3) is 0 Å². The topological polar surface area (TPSA) is 105 Å². The Kier molecular flexibility index (Phi) is 6.86. The van der Waals surface area contributed by atoms with Crippen LogP contribution in [-0.2, 0) is 30.2 Å². The van der Waals surface area contributed by atoms with Gasteiger partial charge in [0.05, 0.1) is 26.2 Å². The maximum atomic E-state index is 11.0. The predicted molar refractivity (Wildman–Crippen MR) is 78.3 cm³/mol. The molecule has 5 atom stereocenters. The van der Waals surface area contributed by atoms with Crippen LogP contribution < -0.4 is 0 Å². The van der Waals surface area contributed by atoms with Crippen molar-refractivity contribution in [3.63, 3.8) is 0 Å². The van der Waals surface area contributed by atoms with Gasteiger partial charge in [-0.1, -0.05) is 6.42 Å². The van der Waals surface area contributed by atoms with Gasteiger partial charge in [-0.15, -0.1) is 0 Å². The van der Waals surface area contributed by atoms with E-state index >= 15 is 0 Å². The Hall–Kier alpha value is 0.705. The van der Waals surface area contributed by atoms with Gasteiger partial charge in [-0.2, -0.15) is 0 Å². The van der Waals surface area contributed by atoms with Gasteiger partial charge in [0.1, 0.15) is 0 Å². The average Bonchev–Trinajstić information content (AvgIpc) is 2.61. The molecule has 0 heterocycles. The number of methoxy groups -OCH3 is 1. The summed E-state index contributed by atoms with van der Waals surface area (Å²) in [7, 11) is 4.52. The first kappa shape index (κ1) is 18.8. The van der Waals surface area contributed by atoms with Gasteiger partial charge in [-0.25, -0.2) is 0 Å². The van der Waals surface area contributed by atoms with Gasteiger partial charge in [0, 0.05) is 14.2 Å². The summed E-state index contributed by atoms with van der Waals surface area (Å²) in [5.74, 6) is -0.606. The van der Waals surface area contributed by atoms with Gasteiger partial charge < -0.3 is 28.5 Å². The number of ether oxygens (including phenoxy) is 1. The van der Waals surface area contributed by atoms with Crippen LogP contribution in [0.4, 0.5) is 0 Å². The van der Waals surface area contributed by atoms with Crippen molar-refractivity contribution in [1.29, 1.82) is 0 Å². The zero-order valence-electron chi connectivity index (χ0n) is 11.3. The van der Waals surface area contributed by atoms with Crippen molar-refractivity contribution in [3.8, 4) is 0 Å². The molecule has 1 aliphatic rings. The summed E-state index contributed by atoms with van der Waals surface area (Å²) in [6, 6.07) is 0. The molecule has 0 aromatic rings. The Morgan fingerprint density at radius 2 is 1.90 bits per heavy atom. The van der Waals surface area contributed by atoms with Crippen molar-refractivity contribution < 1.29 is 33.0 Å². The van der Waals surface area contributed by atoms with Gasteiger partial charge in [0.2, 0.25) is 0 Å². The van der Waals surface area contributed by atoms with Crippen molar-refractivity contribution in [2.75, 3.05) is 20.4 Å². The van der Waals surface area contributed by atoms with Gasteiger partial charge in [-0.3, -0.25) is 4.57 Å². The molecule has 0 aliphatic heterocycles. The quantitative estimate of drug-likeness (QED) is 0.460. The third-order valence-corrected chi connectivity index (χ3v) is 5.85. The molecular weight excluding hydrogens is 325 g/mol. The smallest absolute Gasteiger partial charge is 0.325 e. The molecule has 0 bridgehead atoms. The van der Waals surface area contributed by atoms with Crippen LogP contribution >= 0.6 is 14.3 Å². The fraction of sp³-hybridized carbons (Fsp3) is 1.00. The molecule has 7 nitrogen and oxygen atoms in total. The standard InChI is InChI=1S/C9H19BO7P2S/c1-15-9-7(10)5-6(3-4-18(11,12)13)8(9)17-19(14,20)16-2/h6-9H,3-5H2,1-2H3,(H,14,20)(H2,11,12,13)/t6-,7?,8+,9-,19?/m0/s1. The van der Waals surface area contributed by atoms with Gasteiger partial charge in [0.15, 0.2) is 0 Å². The van der Waals surface area contributed by atoms with Crippen LogP contribution in [0.2, 0.25) is 5.82 Å². The molecule has 0 saturated heterocycles. The van der Waals surface area contributed by atoms with Gasteiger partial charge >= 0.3 is 14.3 Å². The minimum Gasteiger partial charge on any atom is -0.379 e. The fourth-order valence-electron chi connectivity index (χ4n) is 2.40. The summed E-state index contributed by atoms with van der Waals surface area (Å²) >= 11 is 4.80. The predicted octanol–water partition coefficient (Wildman–Crippen LogP) is 0.794. The summed E-state index contributed by atoms with van der Waals surface area (Å²) in [6.45, 7) is -3.40. The number of hydrogen-bond acceptors (Lipinski definition) is 5. The maximum absolute atomic E-state index is 11.0. The molecule has 11 heteroatoms. The van der Waals surface area contributed by atoms with E-state index in [-0.39, 0.29) is 24.3 Å². The Balaban J connectivity index is 2.80. The second-order valence-electron chi connectivity index (χ2n) is 4.76. The second kappa shape index (κ2) is 7.31. The van der Waals surface area contributed by atoms with E-state index in [1.807, 2.05) is 0 Å². The molecule has 116 valence electrons. The monoisotopic (exact) mass is 344 g/mol. The lowest BCUT2D eigenvalue weighted by molar-refractivity contribution is -0.00164. The molecule has 1 rings (SSSR count). The third-order valence-electron chi connectivity index (χ3n) is 3.33. The van der Waals surface area contributed by atoms with E-state index in [2.05, 4.69) is 0 Å². The molecule has 20 heavy (non-hydrogen) atoms. The minimum atomic E-state index is -4.10. The van der Waals surface area contributed by atoms with Crippen molar-refractivity contribution in [2.45, 2.75) is 30.9 Å². The molecule has 1 aliphatic carbocycles. The third kappa shape index (κ3) is 5.48. The Bertz CT molecular complexity index is 417. The van der Waals surface area contributed by atoms with E-state index in [1.165, 1.54) is 14.2 Å². The SMILES string of the molecule is [B]C1C[C@H](CCP(=O)(O)O)[C@@H](OP(O)(=S)OC)[C@H]1OC. The first-order valence-electron chi connectivity index (χ1n) is 5.99. The van der Waals surface area contributed by atoms with Crippen LogP contribution in [0.1, 0.15) is 12.8 Å². The van der Waals surface area contributed by atoms with Crippen molar-refractivity contribution in [1.82, 2.24) is 0 Å². The normalized spacial score (nSPS) is 34.0. The molecule has 1 saturated carbocycles. The van der Waals surface area contributed by atoms with E-state index in [0.29, 0.717) is 6.42 Å². The first-order chi connectivity index (χ1) is 9.09. The molecular formula is C9H19BO7P2S. The van der Waals surface area contributed by atoms with Gasteiger partial charge in [-0.05, 0) is 30.0 Å². The average molecular weight is 344 g/mol. The molecule has 1 fully saturated rings. The van der Waals surface area contributed by atoms with Crippen LogP contribution in [0.3, 0.4) is 0 Å². The number of hydrogen-bond donors (Lipinski definition) is 3. The van der Waals surface area contributed by atoms with E-state index in [1.54, 1.807) is 0 Å². The highest BCUT2D eigenvalue weighted by Gasteiger charge is 2.44. The molecule has 0 amide bonds. The second-order valence-corrected chi connectivity index (χ2v) is 9.43. The van der Waals surface area contributed by atoms with Crippen LogP contribution in [0, 0.1) is 5.92 Å². The lowest BCUT2D eigenvalue weighted by Crippen LogP contribution is -2.31. The highest BCUT2D eigenvalue weighted by atomic mass is 32.5. The highest BCUT2D eigenvalue weighted by molar-refractivity contribution is 8.07. The van der Waals surface area contributed by atoms with Crippen LogP contribution in [0.5, 0.6) is 0 Å². The van der Waals surface area contributed by atoms with Crippen LogP contribution in [0.15, 0.2) is 0 Å². The lowest BCUT2D eigenvalue weighted by Gasteiger charge is -2.28. The summed E-state index contributed by atoms with van der Waals surface area (Å²) in [4.78, 5) is 27.7. The van der Waals surface area contributed by atoms with Crippen molar-refractivity contribution in [2.24, 2.45) is 5.92 Å². The molecule has 3 N–H and O–H groups in total. The Morgan fingerprint density at radius 3 is 2.35 bits per heavy atom.